The smallest absolute Gasteiger partial charge is 0.221 e. The first kappa shape index (κ1) is 17.6. The minimum atomic E-state index is -0.549. The molecule has 0 aliphatic heterocycles. The van der Waals surface area contributed by atoms with Gasteiger partial charge < -0.3 is 22.9 Å². The van der Waals surface area contributed by atoms with Crippen LogP contribution in [0, 0.1) is 0 Å². The summed E-state index contributed by atoms with van der Waals surface area (Å²) in [5.74, 6) is -0.430. The zero-order chi connectivity index (χ0) is 16.5. The number of primary amides is 1. The molecule has 1 atom stereocenters. The van der Waals surface area contributed by atoms with Gasteiger partial charge in [0, 0.05) is 18.7 Å². The Kier molecular flexibility index (Phi) is 6.97. The van der Waals surface area contributed by atoms with Crippen LogP contribution in [0.3, 0.4) is 0 Å². The maximum Gasteiger partial charge on any atom is 0.221 e. The van der Waals surface area contributed by atoms with E-state index in [1.807, 2.05) is 0 Å². The summed E-state index contributed by atoms with van der Waals surface area (Å²) in [6.07, 6.45) is 4.80. The molecule has 1 aromatic rings. The molecule has 0 fully saturated rings. The zero-order valence-electron chi connectivity index (χ0n) is 12.4. The number of nitrogens with two attached hydrogens (primary N) is 4. The van der Waals surface area contributed by atoms with Gasteiger partial charge in [0.2, 0.25) is 18.2 Å². The molecule has 8 N–H and O–H groups in total. The predicted octanol–water partition coefficient (Wildman–Crippen LogP) is -2.05. The lowest BCUT2D eigenvalue weighted by atomic mass is 10.1. The van der Waals surface area contributed by atoms with Crippen molar-refractivity contribution in [3.63, 3.8) is 0 Å². The fraction of sp³-hybridized carbons (Fsp3) is 0.429. The molecule has 0 aromatic carbocycles. The summed E-state index contributed by atoms with van der Waals surface area (Å²) in [5, 5.41) is 0. The molecule has 0 radical (unpaired) electrons. The highest BCUT2D eigenvalue weighted by atomic mass is 16.1. The summed E-state index contributed by atoms with van der Waals surface area (Å²) in [4.78, 5) is 26.6. The van der Waals surface area contributed by atoms with Gasteiger partial charge in [0.15, 0.2) is 18.4 Å². The fourth-order valence-corrected chi connectivity index (χ4v) is 1.89. The van der Waals surface area contributed by atoms with Crippen molar-refractivity contribution in [1.29, 1.82) is 0 Å². The molecule has 1 rings (SSSR count). The number of aromatic nitrogens is 1. The second-order valence-corrected chi connectivity index (χ2v) is 5.04. The summed E-state index contributed by atoms with van der Waals surface area (Å²) in [6, 6.07) is 2.96. The van der Waals surface area contributed by atoms with Gasteiger partial charge >= 0.3 is 0 Å². The van der Waals surface area contributed by atoms with Gasteiger partial charge in [0.05, 0.1) is 12.5 Å². The summed E-state index contributed by atoms with van der Waals surface area (Å²) in [7, 11) is 0. The fourth-order valence-electron chi connectivity index (χ4n) is 1.89. The molecule has 1 amide bonds. The van der Waals surface area contributed by atoms with Crippen LogP contribution in [0.4, 0.5) is 0 Å². The number of carbonyl (C=O) groups excluding carboxylic acids is 2. The van der Waals surface area contributed by atoms with Gasteiger partial charge in [-0.1, -0.05) is 0 Å². The summed E-state index contributed by atoms with van der Waals surface area (Å²) in [6.45, 7) is 0.637. The van der Waals surface area contributed by atoms with Gasteiger partial charge in [-0.2, -0.15) is 4.57 Å². The Hall–Kier alpha value is -2.48. The van der Waals surface area contributed by atoms with Crippen LogP contribution in [0.25, 0.3) is 0 Å². The highest BCUT2D eigenvalue weighted by molar-refractivity contribution is 5.82. The van der Waals surface area contributed by atoms with Crippen LogP contribution in [0.2, 0.25) is 0 Å². The highest BCUT2D eigenvalue weighted by Crippen LogP contribution is 1.99. The SMILES string of the molecule is NC(=O)Cc1cc[n+](CC(=O)C(N)CCCN=C(N)N)cc1. The molecule has 22 heavy (non-hydrogen) atoms. The number of Topliss-reactive ketones (excluding diaryl/α,β-unsaturated/α-hetero) is 1. The third kappa shape index (κ3) is 6.80. The predicted molar refractivity (Wildman–Crippen MR) is 82.4 cm³/mol. The van der Waals surface area contributed by atoms with E-state index in [1.54, 1.807) is 29.1 Å². The van der Waals surface area contributed by atoms with E-state index in [9.17, 15) is 9.59 Å². The molecule has 0 bridgehead atoms. The number of hydrogen-bond acceptors (Lipinski definition) is 4. The Morgan fingerprint density at radius 1 is 1.18 bits per heavy atom. The average Bonchev–Trinajstić information content (AvgIpc) is 2.44. The number of amides is 1. The van der Waals surface area contributed by atoms with Crippen LogP contribution in [0.5, 0.6) is 0 Å². The second kappa shape index (κ2) is 8.73. The molecule has 8 nitrogen and oxygen atoms in total. The maximum atomic E-state index is 12.0. The first-order valence-corrected chi connectivity index (χ1v) is 6.98. The van der Waals surface area contributed by atoms with E-state index >= 15 is 0 Å². The van der Waals surface area contributed by atoms with Crippen LogP contribution in [-0.2, 0) is 22.6 Å². The van der Waals surface area contributed by atoms with E-state index in [1.165, 1.54) is 0 Å². The van der Waals surface area contributed by atoms with E-state index in [-0.39, 0.29) is 24.7 Å². The molecule has 1 aromatic heterocycles. The Balaban J connectivity index is 2.43. The molecule has 120 valence electrons. The average molecular weight is 307 g/mol. The standard InChI is InChI=1S/C14H22N6O2/c15-11(2-1-5-19-14(17)18)12(21)9-20-6-3-10(4-7-20)8-13(16)22/h3-4,6-7,11H,1-2,5,8-9,15H2,(H5-,16,17,18,19,22)/p+1. The number of carbonyl (C=O) groups is 2. The van der Waals surface area contributed by atoms with Crippen molar-refractivity contribution in [1.82, 2.24) is 0 Å². The van der Waals surface area contributed by atoms with Crippen LogP contribution in [-0.4, -0.2) is 30.2 Å². The molecule has 1 unspecified atom stereocenters. The largest absolute Gasteiger partial charge is 0.370 e. The second-order valence-electron chi connectivity index (χ2n) is 5.04. The third-order valence-corrected chi connectivity index (χ3v) is 3.06. The van der Waals surface area contributed by atoms with Crippen LogP contribution in [0.15, 0.2) is 29.5 Å². The molecule has 0 saturated heterocycles. The maximum absolute atomic E-state index is 12.0. The number of rotatable bonds is 9. The third-order valence-electron chi connectivity index (χ3n) is 3.06. The first-order chi connectivity index (χ1) is 10.4. The summed E-state index contributed by atoms with van der Waals surface area (Å²) in [5.41, 5.74) is 22.2. The summed E-state index contributed by atoms with van der Waals surface area (Å²) < 4.78 is 1.71. The van der Waals surface area contributed by atoms with Gasteiger partial charge in [-0.25, -0.2) is 0 Å². The van der Waals surface area contributed by atoms with Crippen LogP contribution < -0.4 is 27.5 Å². The number of aliphatic imine (C=N–C) groups is 1. The monoisotopic (exact) mass is 307 g/mol. The van der Waals surface area contributed by atoms with E-state index in [0.717, 1.165) is 5.56 Å². The first-order valence-electron chi connectivity index (χ1n) is 6.98. The lowest BCUT2D eigenvalue weighted by Crippen LogP contribution is -2.44. The minimum absolute atomic E-state index is 0.0338. The molecule has 0 saturated carbocycles. The zero-order valence-corrected chi connectivity index (χ0v) is 12.4. The van der Waals surface area contributed by atoms with Gasteiger partial charge in [-0.3, -0.25) is 14.6 Å². The van der Waals surface area contributed by atoms with Gasteiger partial charge in [-0.15, -0.1) is 0 Å². The van der Waals surface area contributed by atoms with E-state index < -0.39 is 11.9 Å². The minimum Gasteiger partial charge on any atom is -0.370 e. The van der Waals surface area contributed by atoms with Crippen molar-refractivity contribution in [3.05, 3.63) is 30.1 Å². The normalized spacial score (nSPS) is 11.7. The molecule has 0 spiro atoms. The number of guanidine groups is 1. The van der Waals surface area contributed by atoms with Crippen molar-refractivity contribution in [2.45, 2.75) is 31.8 Å². The Morgan fingerprint density at radius 3 is 2.36 bits per heavy atom. The van der Waals surface area contributed by atoms with Crippen molar-refractivity contribution in [2.75, 3.05) is 6.54 Å². The van der Waals surface area contributed by atoms with Crippen LogP contribution in [0.1, 0.15) is 18.4 Å². The van der Waals surface area contributed by atoms with Crippen molar-refractivity contribution < 1.29 is 14.2 Å². The van der Waals surface area contributed by atoms with Gasteiger partial charge in [0.1, 0.15) is 0 Å². The Bertz CT molecular complexity index is 537. The van der Waals surface area contributed by atoms with Crippen molar-refractivity contribution in [3.8, 4) is 0 Å². The van der Waals surface area contributed by atoms with Crippen molar-refractivity contribution >= 4 is 17.6 Å². The molecular formula is C14H23N6O2+. The van der Waals surface area contributed by atoms with Gasteiger partial charge in [0.25, 0.3) is 0 Å². The van der Waals surface area contributed by atoms with Gasteiger partial charge in [-0.05, 0) is 18.4 Å². The molecule has 1 heterocycles. The number of pyridine rings is 1. The summed E-state index contributed by atoms with van der Waals surface area (Å²) >= 11 is 0. The molecule has 0 aliphatic carbocycles. The number of nitrogens with zero attached hydrogens (tertiary/aromatic N) is 2. The lowest BCUT2D eigenvalue weighted by Gasteiger charge is -2.07. The Labute approximate surface area is 129 Å². The van der Waals surface area contributed by atoms with E-state index in [4.69, 9.17) is 22.9 Å². The van der Waals surface area contributed by atoms with E-state index in [0.29, 0.717) is 19.4 Å². The Morgan fingerprint density at radius 2 is 1.82 bits per heavy atom. The lowest BCUT2D eigenvalue weighted by molar-refractivity contribution is -0.684. The topological polar surface area (TPSA) is 154 Å². The number of hydrogen-bond donors (Lipinski definition) is 4. The number of ketones is 1. The molecule has 8 heteroatoms. The molecular weight excluding hydrogens is 284 g/mol. The van der Waals surface area contributed by atoms with Crippen LogP contribution >= 0.6 is 0 Å². The van der Waals surface area contributed by atoms with E-state index in [2.05, 4.69) is 4.99 Å². The quantitative estimate of drug-likeness (QED) is 0.179. The molecule has 0 aliphatic rings. The highest BCUT2D eigenvalue weighted by Gasteiger charge is 2.17. The van der Waals surface area contributed by atoms with Crippen molar-refractivity contribution in [2.24, 2.45) is 27.9 Å².